The third-order valence-corrected chi connectivity index (χ3v) is 7.95. The molecule has 2 fully saturated rings. The van der Waals surface area contributed by atoms with E-state index >= 15 is 0 Å². The molecule has 1 heterocycles. The van der Waals surface area contributed by atoms with E-state index in [-0.39, 0.29) is 24.4 Å². The van der Waals surface area contributed by atoms with Crippen LogP contribution in [0.4, 0.5) is 4.79 Å². The zero-order chi connectivity index (χ0) is 24.7. The molecule has 1 saturated carbocycles. The third kappa shape index (κ3) is 3.96. The van der Waals surface area contributed by atoms with Gasteiger partial charge in [-0.05, 0) is 67.3 Å². The van der Waals surface area contributed by atoms with Gasteiger partial charge in [0, 0.05) is 18.2 Å². The monoisotopic (exact) mass is 474 g/mol. The Morgan fingerprint density at radius 3 is 2.51 bits per heavy atom. The summed E-state index contributed by atoms with van der Waals surface area (Å²) < 4.78 is 0. The van der Waals surface area contributed by atoms with E-state index in [2.05, 4.69) is 5.32 Å². The SMILES string of the molecule is C[C@@H](C1CCC1)N(Cc1ccc(C(N)=O)cc1)C(=O)CN1C(=O)N[C@]2(CCc3ccccc32)C1=O. The number of aryl methyl sites for hydroxylation is 1. The van der Waals surface area contributed by atoms with Gasteiger partial charge in [-0.1, -0.05) is 42.8 Å². The molecule has 5 rings (SSSR count). The molecular formula is C27H30N4O4. The summed E-state index contributed by atoms with van der Waals surface area (Å²) in [6.45, 7) is 2.05. The number of fused-ring (bicyclic) bond motifs is 2. The van der Waals surface area contributed by atoms with E-state index in [1.54, 1.807) is 29.2 Å². The summed E-state index contributed by atoms with van der Waals surface area (Å²) in [5, 5.41) is 2.89. The molecule has 3 N–H and O–H groups in total. The van der Waals surface area contributed by atoms with E-state index in [1.807, 2.05) is 31.2 Å². The van der Waals surface area contributed by atoms with Crippen LogP contribution in [0.15, 0.2) is 48.5 Å². The first-order chi connectivity index (χ1) is 16.8. The molecule has 0 radical (unpaired) electrons. The van der Waals surface area contributed by atoms with Gasteiger partial charge in [0.15, 0.2) is 0 Å². The lowest BCUT2D eigenvalue weighted by Crippen LogP contribution is -2.49. The highest BCUT2D eigenvalue weighted by atomic mass is 16.2. The molecule has 3 aliphatic rings. The average Bonchev–Trinajstić information content (AvgIpc) is 3.29. The maximum absolute atomic E-state index is 13.6. The third-order valence-electron chi connectivity index (χ3n) is 7.95. The van der Waals surface area contributed by atoms with E-state index in [9.17, 15) is 19.2 Å². The Hall–Kier alpha value is -3.68. The Morgan fingerprint density at radius 1 is 1.14 bits per heavy atom. The van der Waals surface area contributed by atoms with Gasteiger partial charge in [-0.15, -0.1) is 0 Å². The zero-order valence-electron chi connectivity index (χ0n) is 19.8. The summed E-state index contributed by atoms with van der Waals surface area (Å²) in [6, 6.07) is 13.9. The van der Waals surface area contributed by atoms with Gasteiger partial charge in [0.25, 0.3) is 5.91 Å². The van der Waals surface area contributed by atoms with Gasteiger partial charge in [0.2, 0.25) is 11.8 Å². The van der Waals surface area contributed by atoms with E-state index in [1.165, 1.54) is 0 Å². The topological polar surface area (TPSA) is 113 Å². The molecule has 8 heteroatoms. The van der Waals surface area contributed by atoms with Gasteiger partial charge in [0.05, 0.1) is 0 Å². The molecule has 1 saturated heterocycles. The summed E-state index contributed by atoms with van der Waals surface area (Å²) in [4.78, 5) is 54.3. The molecule has 0 unspecified atom stereocenters. The molecule has 182 valence electrons. The van der Waals surface area contributed by atoms with Gasteiger partial charge in [0.1, 0.15) is 12.1 Å². The Bertz CT molecular complexity index is 1190. The Labute approximate surface area is 204 Å². The molecule has 2 aromatic carbocycles. The first-order valence-electron chi connectivity index (χ1n) is 12.2. The number of amides is 5. The van der Waals surface area contributed by atoms with Crippen LogP contribution in [0.5, 0.6) is 0 Å². The van der Waals surface area contributed by atoms with Gasteiger partial charge in [-0.25, -0.2) is 4.79 Å². The van der Waals surface area contributed by atoms with Gasteiger partial charge < -0.3 is 16.0 Å². The van der Waals surface area contributed by atoms with Gasteiger partial charge in [-0.3, -0.25) is 19.3 Å². The molecule has 1 spiro atoms. The van der Waals surface area contributed by atoms with Crippen molar-refractivity contribution in [3.8, 4) is 0 Å². The van der Waals surface area contributed by atoms with Crippen LogP contribution in [0.3, 0.4) is 0 Å². The maximum Gasteiger partial charge on any atom is 0.325 e. The lowest BCUT2D eigenvalue weighted by atomic mass is 9.79. The number of carbonyl (C=O) groups excluding carboxylic acids is 4. The molecule has 0 bridgehead atoms. The first kappa shape index (κ1) is 23.1. The molecule has 8 nitrogen and oxygen atoms in total. The number of nitrogens with two attached hydrogens (primary N) is 1. The molecule has 2 aliphatic carbocycles. The number of imide groups is 1. The average molecular weight is 475 g/mol. The van der Waals surface area contributed by atoms with E-state index in [0.29, 0.717) is 30.9 Å². The Kier molecular flexibility index (Phi) is 5.83. The highest BCUT2D eigenvalue weighted by Crippen LogP contribution is 2.41. The molecule has 5 amide bonds. The predicted molar refractivity (Wildman–Crippen MR) is 129 cm³/mol. The smallest absolute Gasteiger partial charge is 0.325 e. The lowest BCUT2D eigenvalue weighted by Gasteiger charge is -2.39. The first-order valence-corrected chi connectivity index (χ1v) is 12.2. The van der Waals surface area contributed by atoms with Crippen molar-refractivity contribution in [3.63, 3.8) is 0 Å². The van der Waals surface area contributed by atoms with Crippen LogP contribution in [-0.4, -0.2) is 46.1 Å². The number of nitrogens with one attached hydrogen (secondary N) is 1. The predicted octanol–water partition coefficient (Wildman–Crippen LogP) is 2.70. The van der Waals surface area contributed by atoms with Crippen molar-refractivity contribution in [1.82, 2.24) is 15.1 Å². The van der Waals surface area contributed by atoms with Crippen molar-refractivity contribution < 1.29 is 19.2 Å². The quantitative estimate of drug-likeness (QED) is 0.601. The summed E-state index contributed by atoms with van der Waals surface area (Å²) >= 11 is 0. The van der Waals surface area contributed by atoms with Crippen LogP contribution in [0.2, 0.25) is 0 Å². The molecular weight excluding hydrogens is 444 g/mol. The number of nitrogens with zero attached hydrogens (tertiary/aromatic N) is 2. The van der Waals surface area contributed by atoms with Crippen molar-refractivity contribution in [1.29, 1.82) is 0 Å². The van der Waals surface area contributed by atoms with Gasteiger partial charge in [-0.2, -0.15) is 0 Å². The van der Waals surface area contributed by atoms with E-state index in [0.717, 1.165) is 40.9 Å². The number of benzene rings is 2. The van der Waals surface area contributed by atoms with Crippen LogP contribution >= 0.6 is 0 Å². The second-order valence-corrected chi connectivity index (χ2v) is 9.90. The van der Waals surface area contributed by atoms with Crippen LogP contribution in [0.1, 0.15) is 59.7 Å². The maximum atomic E-state index is 13.6. The second-order valence-electron chi connectivity index (χ2n) is 9.90. The minimum atomic E-state index is -1.08. The number of carbonyl (C=O) groups is 4. The zero-order valence-corrected chi connectivity index (χ0v) is 19.8. The largest absolute Gasteiger partial charge is 0.366 e. The van der Waals surface area contributed by atoms with Crippen LogP contribution in [-0.2, 0) is 28.1 Å². The minimum Gasteiger partial charge on any atom is -0.366 e. The normalized spacial score (nSPS) is 22.0. The second kappa shape index (κ2) is 8.83. The Morgan fingerprint density at radius 2 is 1.86 bits per heavy atom. The molecule has 1 aliphatic heterocycles. The number of hydrogen-bond acceptors (Lipinski definition) is 4. The molecule has 2 atom stereocenters. The van der Waals surface area contributed by atoms with Crippen molar-refractivity contribution in [2.75, 3.05) is 6.54 Å². The standard InChI is InChI=1S/C27H30N4O4/c1-17(19-6-4-7-19)30(15-18-9-11-21(12-10-18)24(28)33)23(32)16-31-25(34)27(29-26(31)35)14-13-20-5-2-3-8-22(20)27/h2-3,5,8-12,17,19H,4,6-7,13-16H2,1H3,(H2,28,33)(H,29,35)/t17-,27-/m0/s1. The highest BCUT2D eigenvalue weighted by Gasteiger charge is 2.55. The summed E-state index contributed by atoms with van der Waals surface area (Å²) in [7, 11) is 0. The minimum absolute atomic E-state index is 0.0333. The summed E-state index contributed by atoms with van der Waals surface area (Å²) in [6.07, 6.45) is 4.44. The fourth-order valence-electron chi connectivity index (χ4n) is 5.57. The summed E-state index contributed by atoms with van der Waals surface area (Å²) in [5.74, 6) is -0.744. The van der Waals surface area contributed by atoms with Crippen LogP contribution in [0.25, 0.3) is 0 Å². The van der Waals surface area contributed by atoms with E-state index < -0.39 is 17.5 Å². The highest BCUT2D eigenvalue weighted by molar-refractivity contribution is 6.10. The fourth-order valence-corrected chi connectivity index (χ4v) is 5.57. The fraction of sp³-hybridized carbons (Fsp3) is 0.407. The van der Waals surface area contributed by atoms with Gasteiger partial charge >= 0.3 is 6.03 Å². The number of rotatable bonds is 7. The molecule has 0 aromatic heterocycles. The molecule has 35 heavy (non-hydrogen) atoms. The Balaban J connectivity index is 1.36. The van der Waals surface area contributed by atoms with Crippen molar-refractivity contribution >= 4 is 23.8 Å². The summed E-state index contributed by atoms with van der Waals surface area (Å²) in [5.41, 5.74) is 7.39. The number of hydrogen-bond donors (Lipinski definition) is 2. The number of primary amides is 1. The lowest BCUT2D eigenvalue weighted by molar-refractivity contribution is -0.142. The number of urea groups is 1. The van der Waals surface area contributed by atoms with Crippen molar-refractivity contribution in [2.24, 2.45) is 11.7 Å². The van der Waals surface area contributed by atoms with Crippen molar-refractivity contribution in [3.05, 3.63) is 70.8 Å². The van der Waals surface area contributed by atoms with E-state index in [4.69, 9.17) is 5.73 Å². The van der Waals surface area contributed by atoms with Crippen molar-refractivity contribution in [2.45, 2.75) is 57.2 Å². The molecule has 2 aromatic rings. The van der Waals surface area contributed by atoms with Crippen LogP contribution in [0, 0.1) is 5.92 Å². The van der Waals surface area contributed by atoms with Crippen LogP contribution < -0.4 is 11.1 Å².